The Labute approximate surface area is 114 Å². The molecule has 0 radical (unpaired) electrons. The number of rotatable bonds is 2. The fourth-order valence-corrected chi connectivity index (χ4v) is 4.44. The first-order valence-corrected chi connectivity index (χ1v) is 7.68. The predicted molar refractivity (Wildman–Crippen MR) is 73.2 cm³/mol. The third-order valence-electron chi connectivity index (χ3n) is 3.64. The number of nitrogens with two attached hydrogens (primary N) is 1. The minimum absolute atomic E-state index is 0.0669. The molecule has 108 valence electrons. The van der Waals surface area contributed by atoms with Gasteiger partial charge >= 0.3 is 0 Å². The van der Waals surface area contributed by atoms with Crippen molar-refractivity contribution in [3.8, 4) is 0 Å². The highest BCUT2D eigenvalue weighted by atomic mass is 32.2. The fraction of sp³-hybridized carbons (Fsp3) is 0.727. The minimum atomic E-state index is -3.58. The molecule has 8 heteroatoms. The molecule has 0 aromatic carbocycles. The molecule has 0 bridgehead atoms. The fourth-order valence-electron chi connectivity index (χ4n) is 2.53. The topological polar surface area (TPSA) is 84.5 Å². The molecule has 1 atom stereocenters. The Morgan fingerprint density at radius 2 is 1.95 bits per heavy atom. The number of nitrogen functional groups attached to an aromatic ring is 1. The Hall–Kier alpha value is -1.12. The maximum absolute atomic E-state index is 12.7. The molecular weight excluding hydrogens is 266 g/mol. The Kier molecular flexibility index (Phi) is 3.59. The first-order valence-electron chi connectivity index (χ1n) is 6.24. The van der Waals surface area contributed by atoms with Crippen LogP contribution in [-0.4, -0.2) is 60.1 Å². The molecule has 0 aliphatic carbocycles. The van der Waals surface area contributed by atoms with Crippen LogP contribution in [0, 0.1) is 6.92 Å². The standard InChI is InChI=1S/C11H21N5O2S/c1-8-7-14(3)5-6-16(8)19(17,18)10-9(2)15(4)13-11(10)12/h8H,5-7H2,1-4H3,(H2,12,13). The number of hydrogen-bond acceptors (Lipinski definition) is 5. The second-order valence-electron chi connectivity index (χ2n) is 5.15. The third kappa shape index (κ3) is 2.35. The van der Waals surface area contributed by atoms with Crippen molar-refractivity contribution in [1.82, 2.24) is 19.0 Å². The van der Waals surface area contributed by atoms with Gasteiger partial charge in [-0.2, -0.15) is 9.40 Å². The molecule has 1 unspecified atom stereocenters. The van der Waals surface area contributed by atoms with Gasteiger partial charge in [0, 0.05) is 32.7 Å². The number of hydrogen-bond donors (Lipinski definition) is 1. The molecule has 2 N–H and O–H groups in total. The average molecular weight is 287 g/mol. The first kappa shape index (κ1) is 14.3. The van der Waals surface area contributed by atoms with Crippen molar-refractivity contribution in [1.29, 1.82) is 0 Å². The van der Waals surface area contributed by atoms with Crippen molar-refractivity contribution in [2.75, 3.05) is 32.4 Å². The van der Waals surface area contributed by atoms with Gasteiger partial charge in [-0.05, 0) is 20.9 Å². The van der Waals surface area contributed by atoms with E-state index in [0.29, 0.717) is 12.2 Å². The largest absolute Gasteiger partial charge is 0.381 e. The van der Waals surface area contributed by atoms with Crippen molar-refractivity contribution in [2.24, 2.45) is 7.05 Å². The van der Waals surface area contributed by atoms with Crippen LogP contribution >= 0.6 is 0 Å². The molecule has 1 aliphatic rings. The number of likely N-dealkylation sites (N-methyl/N-ethyl adjacent to an activating group) is 1. The van der Waals surface area contributed by atoms with Crippen LogP contribution in [-0.2, 0) is 17.1 Å². The van der Waals surface area contributed by atoms with Gasteiger partial charge in [0.05, 0.1) is 5.69 Å². The lowest BCUT2D eigenvalue weighted by atomic mass is 10.2. The Bertz CT molecular complexity index is 580. The van der Waals surface area contributed by atoms with Gasteiger partial charge in [-0.25, -0.2) is 8.42 Å². The maximum Gasteiger partial charge on any atom is 0.248 e. The number of aromatic nitrogens is 2. The molecule has 2 rings (SSSR count). The molecule has 1 aromatic heterocycles. The molecule has 0 spiro atoms. The van der Waals surface area contributed by atoms with Gasteiger partial charge in [0.25, 0.3) is 0 Å². The van der Waals surface area contributed by atoms with Crippen LogP contribution in [0.5, 0.6) is 0 Å². The van der Waals surface area contributed by atoms with Gasteiger partial charge in [0.15, 0.2) is 5.82 Å². The van der Waals surface area contributed by atoms with Crippen molar-refractivity contribution in [3.63, 3.8) is 0 Å². The number of anilines is 1. The van der Waals surface area contributed by atoms with Crippen molar-refractivity contribution in [3.05, 3.63) is 5.69 Å². The highest BCUT2D eigenvalue weighted by Gasteiger charge is 2.36. The molecule has 1 saturated heterocycles. The molecule has 0 saturated carbocycles. The van der Waals surface area contributed by atoms with E-state index in [1.165, 1.54) is 8.99 Å². The highest BCUT2D eigenvalue weighted by Crippen LogP contribution is 2.27. The average Bonchev–Trinajstić information content (AvgIpc) is 2.52. The summed E-state index contributed by atoms with van der Waals surface area (Å²) >= 11 is 0. The molecule has 1 aromatic rings. The Morgan fingerprint density at radius 3 is 2.42 bits per heavy atom. The van der Waals surface area contributed by atoms with Crippen LogP contribution in [0.2, 0.25) is 0 Å². The van der Waals surface area contributed by atoms with Crippen LogP contribution in [0.25, 0.3) is 0 Å². The monoisotopic (exact) mass is 287 g/mol. The van der Waals surface area contributed by atoms with E-state index in [0.717, 1.165) is 13.1 Å². The third-order valence-corrected chi connectivity index (χ3v) is 5.82. The van der Waals surface area contributed by atoms with Gasteiger partial charge in [0.2, 0.25) is 10.0 Å². The van der Waals surface area contributed by atoms with Crippen molar-refractivity contribution >= 4 is 15.8 Å². The van der Waals surface area contributed by atoms with Gasteiger partial charge < -0.3 is 10.6 Å². The summed E-state index contributed by atoms with van der Waals surface area (Å²) in [6.07, 6.45) is 0. The molecule has 19 heavy (non-hydrogen) atoms. The maximum atomic E-state index is 12.7. The molecular formula is C11H21N5O2S. The number of piperazine rings is 1. The number of sulfonamides is 1. The normalized spacial score (nSPS) is 22.8. The summed E-state index contributed by atoms with van der Waals surface area (Å²) in [5.74, 6) is 0.0751. The lowest BCUT2D eigenvalue weighted by Gasteiger charge is -2.37. The van der Waals surface area contributed by atoms with E-state index in [-0.39, 0.29) is 16.8 Å². The van der Waals surface area contributed by atoms with E-state index in [1.807, 2.05) is 14.0 Å². The SMILES string of the molecule is Cc1c(S(=O)(=O)N2CCN(C)CC2C)c(N)nn1C. The summed E-state index contributed by atoms with van der Waals surface area (Å²) in [4.78, 5) is 2.27. The number of aryl methyl sites for hydroxylation is 1. The van der Waals surface area contributed by atoms with Crippen LogP contribution < -0.4 is 5.73 Å². The molecule has 7 nitrogen and oxygen atoms in total. The quantitative estimate of drug-likeness (QED) is 0.802. The van der Waals surface area contributed by atoms with Crippen molar-refractivity contribution < 1.29 is 8.42 Å². The van der Waals surface area contributed by atoms with Gasteiger partial charge in [-0.15, -0.1) is 0 Å². The molecule has 1 aliphatic heterocycles. The van der Waals surface area contributed by atoms with Crippen LogP contribution in [0.1, 0.15) is 12.6 Å². The zero-order valence-corrected chi connectivity index (χ0v) is 12.6. The second kappa shape index (κ2) is 4.77. The lowest BCUT2D eigenvalue weighted by Crippen LogP contribution is -2.52. The van der Waals surface area contributed by atoms with E-state index in [2.05, 4.69) is 10.00 Å². The minimum Gasteiger partial charge on any atom is -0.381 e. The predicted octanol–water partition coefficient (Wildman–Crippen LogP) is -0.365. The summed E-state index contributed by atoms with van der Waals surface area (Å²) in [6, 6.07) is -0.0669. The lowest BCUT2D eigenvalue weighted by molar-refractivity contribution is 0.170. The molecule has 2 heterocycles. The summed E-state index contributed by atoms with van der Waals surface area (Å²) in [6.45, 7) is 5.56. The first-order chi connectivity index (χ1) is 8.75. The molecule has 0 amide bonds. The van der Waals surface area contributed by atoms with Gasteiger partial charge in [-0.3, -0.25) is 4.68 Å². The van der Waals surface area contributed by atoms with Crippen LogP contribution in [0.4, 0.5) is 5.82 Å². The Morgan fingerprint density at radius 1 is 1.32 bits per heavy atom. The van der Waals surface area contributed by atoms with Crippen LogP contribution in [0.15, 0.2) is 4.90 Å². The zero-order chi connectivity index (χ0) is 14.4. The van der Waals surface area contributed by atoms with E-state index in [9.17, 15) is 8.42 Å². The van der Waals surface area contributed by atoms with E-state index in [1.54, 1.807) is 14.0 Å². The summed E-state index contributed by atoms with van der Waals surface area (Å²) < 4.78 is 28.5. The summed E-state index contributed by atoms with van der Waals surface area (Å²) in [7, 11) is 0.106. The summed E-state index contributed by atoms with van der Waals surface area (Å²) in [5, 5.41) is 3.99. The van der Waals surface area contributed by atoms with E-state index in [4.69, 9.17) is 5.73 Å². The molecule has 1 fully saturated rings. The smallest absolute Gasteiger partial charge is 0.248 e. The van der Waals surface area contributed by atoms with E-state index >= 15 is 0 Å². The van der Waals surface area contributed by atoms with E-state index < -0.39 is 10.0 Å². The number of nitrogens with zero attached hydrogens (tertiary/aromatic N) is 4. The Balaban J connectivity index is 2.43. The van der Waals surface area contributed by atoms with Gasteiger partial charge in [0.1, 0.15) is 4.90 Å². The van der Waals surface area contributed by atoms with Crippen LogP contribution in [0.3, 0.4) is 0 Å². The van der Waals surface area contributed by atoms with Crippen molar-refractivity contribution in [2.45, 2.75) is 24.8 Å². The second-order valence-corrected chi connectivity index (χ2v) is 6.98. The van der Waals surface area contributed by atoms with Gasteiger partial charge in [-0.1, -0.05) is 0 Å². The summed E-state index contributed by atoms with van der Waals surface area (Å²) in [5.41, 5.74) is 6.33. The highest BCUT2D eigenvalue weighted by molar-refractivity contribution is 7.89. The zero-order valence-electron chi connectivity index (χ0n) is 11.8.